The maximum atomic E-state index is 5.29. The van der Waals surface area contributed by atoms with Crippen molar-refractivity contribution >= 4 is 11.0 Å². The van der Waals surface area contributed by atoms with E-state index in [1.807, 2.05) is 36.7 Å². The second kappa shape index (κ2) is 9.90. The summed E-state index contributed by atoms with van der Waals surface area (Å²) in [5.41, 5.74) is 17.9. The highest BCUT2D eigenvalue weighted by molar-refractivity contribution is 5.97. The van der Waals surface area contributed by atoms with Gasteiger partial charge in [-0.05, 0) is 92.0 Å². The van der Waals surface area contributed by atoms with Crippen LogP contribution in [-0.4, -0.2) is 15.0 Å². The molecule has 2 heterocycles. The largest absolute Gasteiger partial charge is 0.265 e. The van der Waals surface area contributed by atoms with Gasteiger partial charge in [-0.15, -0.1) is 0 Å². The van der Waals surface area contributed by atoms with Gasteiger partial charge in [0.25, 0.3) is 0 Å². The van der Waals surface area contributed by atoms with Gasteiger partial charge in [0.1, 0.15) is 0 Å². The number of aromatic nitrogens is 3. The molecule has 0 atom stereocenters. The maximum Gasteiger partial charge on any atom is 0.0973 e. The van der Waals surface area contributed by atoms with Gasteiger partial charge >= 0.3 is 0 Å². The lowest BCUT2D eigenvalue weighted by Gasteiger charge is -2.31. The first-order valence-electron chi connectivity index (χ1n) is 16.0. The molecular weight excluding hydrogens is 571 g/mol. The molecule has 3 nitrogen and oxygen atoms in total. The van der Waals surface area contributed by atoms with Crippen LogP contribution in [0, 0.1) is 0 Å². The Morgan fingerprint density at radius 3 is 1.47 bits per heavy atom. The van der Waals surface area contributed by atoms with Crippen molar-refractivity contribution in [1.29, 1.82) is 0 Å². The van der Waals surface area contributed by atoms with E-state index in [4.69, 9.17) is 9.97 Å². The smallest absolute Gasteiger partial charge is 0.0973 e. The molecule has 0 radical (unpaired) electrons. The third-order valence-electron chi connectivity index (χ3n) is 9.99. The van der Waals surface area contributed by atoms with Gasteiger partial charge in [-0.25, -0.2) is 9.97 Å². The molecule has 2 aromatic heterocycles. The summed E-state index contributed by atoms with van der Waals surface area (Å²) in [5, 5.41) is 0. The van der Waals surface area contributed by atoms with E-state index in [-0.39, 0.29) is 0 Å². The average molecular weight is 598 g/mol. The molecule has 0 saturated carbocycles. The lowest BCUT2D eigenvalue weighted by Crippen LogP contribution is -2.26. The molecule has 0 bridgehead atoms. The number of para-hydroxylation sites is 2. The van der Waals surface area contributed by atoms with E-state index in [9.17, 15) is 0 Å². The van der Waals surface area contributed by atoms with Crippen LogP contribution < -0.4 is 0 Å². The van der Waals surface area contributed by atoms with Crippen LogP contribution in [0.5, 0.6) is 0 Å². The van der Waals surface area contributed by atoms with Crippen LogP contribution >= 0.6 is 0 Å². The normalized spacial score (nSPS) is 13.3. The molecule has 2 aliphatic carbocycles. The summed E-state index contributed by atoms with van der Waals surface area (Å²) in [6.45, 7) is 0. The fourth-order valence-electron chi connectivity index (χ4n) is 8.01. The van der Waals surface area contributed by atoms with Crippen LogP contribution in [0.4, 0.5) is 0 Å². The van der Waals surface area contributed by atoms with Crippen LogP contribution in [0.3, 0.4) is 0 Å². The van der Waals surface area contributed by atoms with Crippen LogP contribution in [-0.2, 0) is 5.41 Å². The maximum absolute atomic E-state index is 5.29. The minimum atomic E-state index is -0.478. The zero-order valence-corrected chi connectivity index (χ0v) is 25.4. The van der Waals surface area contributed by atoms with Crippen LogP contribution in [0.1, 0.15) is 22.3 Å². The van der Waals surface area contributed by atoms with Gasteiger partial charge in [-0.1, -0.05) is 115 Å². The summed E-state index contributed by atoms with van der Waals surface area (Å²) < 4.78 is 0. The van der Waals surface area contributed by atoms with Crippen molar-refractivity contribution in [1.82, 2.24) is 15.0 Å². The van der Waals surface area contributed by atoms with Gasteiger partial charge in [0, 0.05) is 23.5 Å². The second-order valence-corrected chi connectivity index (χ2v) is 12.4. The topological polar surface area (TPSA) is 38.7 Å². The Hall–Kier alpha value is -6.19. The first-order valence-corrected chi connectivity index (χ1v) is 16.0. The molecule has 0 fully saturated rings. The molecule has 0 N–H and O–H groups in total. The van der Waals surface area contributed by atoms with Crippen molar-refractivity contribution in [2.75, 3.05) is 0 Å². The van der Waals surface area contributed by atoms with Crippen molar-refractivity contribution in [3.05, 3.63) is 186 Å². The van der Waals surface area contributed by atoms with E-state index in [2.05, 4.69) is 132 Å². The summed E-state index contributed by atoms with van der Waals surface area (Å²) in [6, 6.07) is 54.5. The Morgan fingerprint density at radius 2 is 0.830 bits per heavy atom. The Bertz CT molecular complexity index is 2470. The zero-order valence-electron chi connectivity index (χ0n) is 25.4. The molecular formula is C44H27N3. The van der Waals surface area contributed by atoms with Crippen LogP contribution in [0.25, 0.3) is 66.9 Å². The Kier molecular flexibility index (Phi) is 5.49. The van der Waals surface area contributed by atoms with Gasteiger partial charge in [-0.3, -0.25) is 4.98 Å². The van der Waals surface area contributed by atoms with E-state index in [1.54, 1.807) is 0 Å². The van der Waals surface area contributed by atoms with Gasteiger partial charge < -0.3 is 0 Å². The first-order chi connectivity index (χ1) is 23.3. The summed E-state index contributed by atoms with van der Waals surface area (Å²) in [4.78, 5) is 14.8. The molecule has 10 rings (SSSR count). The van der Waals surface area contributed by atoms with Crippen molar-refractivity contribution in [3.8, 4) is 55.9 Å². The number of hydrogen-bond acceptors (Lipinski definition) is 3. The Labute approximate surface area is 272 Å². The highest BCUT2D eigenvalue weighted by Crippen LogP contribution is 2.63. The van der Waals surface area contributed by atoms with Gasteiger partial charge in [0.2, 0.25) is 0 Å². The summed E-state index contributed by atoms with van der Waals surface area (Å²) in [7, 11) is 0. The number of nitrogens with zero attached hydrogens (tertiary/aromatic N) is 3. The van der Waals surface area contributed by atoms with Crippen LogP contribution in [0.2, 0.25) is 0 Å². The van der Waals surface area contributed by atoms with Crippen molar-refractivity contribution in [2.24, 2.45) is 0 Å². The second-order valence-electron chi connectivity index (χ2n) is 12.4. The SMILES string of the molecule is c1ccc(-c2nc3ccccc3nc2-c2ccc3c(c2)C2(c4ccccc4-c4ccccc42)c2cc(-c4ccncc4)ccc2-3)cc1. The van der Waals surface area contributed by atoms with Crippen molar-refractivity contribution < 1.29 is 0 Å². The number of fused-ring (bicyclic) bond motifs is 11. The Balaban J connectivity index is 1.29. The summed E-state index contributed by atoms with van der Waals surface area (Å²) >= 11 is 0. The monoisotopic (exact) mass is 597 g/mol. The quantitative estimate of drug-likeness (QED) is 0.203. The summed E-state index contributed by atoms with van der Waals surface area (Å²) in [5.74, 6) is 0. The van der Waals surface area contributed by atoms with E-state index in [0.717, 1.165) is 39.1 Å². The van der Waals surface area contributed by atoms with Crippen molar-refractivity contribution in [2.45, 2.75) is 5.41 Å². The van der Waals surface area contributed by atoms with E-state index in [0.29, 0.717) is 0 Å². The first kappa shape index (κ1) is 26.1. The minimum Gasteiger partial charge on any atom is -0.265 e. The van der Waals surface area contributed by atoms with E-state index >= 15 is 0 Å². The number of benzene rings is 6. The fraction of sp³-hybridized carbons (Fsp3) is 0.0227. The standard InChI is InChI=1S/C44H27N3/c1-2-10-29(11-3-1)42-43(47-41-17-9-8-16-40(41)46-42)31-19-21-35-34-20-18-30(28-22-24-45-25-23-28)26-38(34)44(39(35)27-31)36-14-6-4-12-32(36)33-13-5-7-15-37(33)44/h1-27H. The van der Waals surface area contributed by atoms with Gasteiger partial charge in [0.15, 0.2) is 0 Å². The predicted octanol–water partition coefficient (Wildman–Crippen LogP) is 10.4. The molecule has 0 aliphatic heterocycles. The zero-order chi connectivity index (χ0) is 31.0. The van der Waals surface area contributed by atoms with E-state index < -0.39 is 5.41 Å². The molecule has 1 spiro atoms. The molecule has 6 aromatic carbocycles. The number of rotatable bonds is 3. The third-order valence-corrected chi connectivity index (χ3v) is 9.99. The molecule has 0 unspecified atom stereocenters. The van der Waals surface area contributed by atoms with Gasteiger partial charge in [0.05, 0.1) is 27.8 Å². The predicted molar refractivity (Wildman–Crippen MR) is 190 cm³/mol. The molecule has 218 valence electrons. The summed E-state index contributed by atoms with van der Waals surface area (Å²) in [6.07, 6.45) is 3.74. The van der Waals surface area contributed by atoms with Crippen LogP contribution in [0.15, 0.2) is 164 Å². The molecule has 0 amide bonds. The third kappa shape index (κ3) is 3.65. The molecule has 47 heavy (non-hydrogen) atoms. The number of hydrogen-bond donors (Lipinski definition) is 0. The average Bonchev–Trinajstić information content (AvgIpc) is 3.61. The lowest BCUT2D eigenvalue weighted by molar-refractivity contribution is 0.794. The fourth-order valence-corrected chi connectivity index (χ4v) is 8.01. The molecule has 8 aromatic rings. The minimum absolute atomic E-state index is 0.478. The molecule has 2 aliphatic rings. The molecule has 0 saturated heterocycles. The van der Waals surface area contributed by atoms with E-state index in [1.165, 1.54) is 50.1 Å². The Morgan fingerprint density at radius 1 is 0.340 bits per heavy atom. The molecule has 3 heteroatoms. The highest BCUT2D eigenvalue weighted by Gasteiger charge is 2.51. The highest BCUT2D eigenvalue weighted by atomic mass is 14.8. The lowest BCUT2D eigenvalue weighted by atomic mass is 9.70. The van der Waals surface area contributed by atoms with Crippen molar-refractivity contribution in [3.63, 3.8) is 0 Å². The number of pyridine rings is 1. The van der Waals surface area contributed by atoms with Gasteiger partial charge in [-0.2, -0.15) is 0 Å².